The lowest BCUT2D eigenvalue weighted by Crippen LogP contribution is -2.28. The second-order valence-electron chi connectivity index (χ2n) is 5.54. The second-order valence-corrected chi connectivity index (χ2v) is 7.88. The van der Waals surface area contributed by atoms with E-state index in [9.17, 15) is 18.0 Å². The number of halogens is 1. The van der Waals surface area contributed by atoms with Crippen LogP contribution in [0.4, 0.5) is 5.69 Å². The number of sulfonamides is 1. The standard InChI is InChI=1S/C18H19ClN2O5S/c1-21(14-6-4-3-5-7-14)27(24,25)16-12-13(8-9-15(16)19)18(23)20-11-10-17(22)26-2/h3-9,12H,10-11H2,1-2H3,(H,20,23). The summed E-state index contributed by atoms with van der Waals surface area (Å²) in [7, 11) is -1.31. The molecule has 0 aliphatic heterocycles. The zero-order chi connectivity index (χ0) is 20.0. The molecule has 0 radical (unpaired) electrons. The lowest BCUT2D eigenvalue weighted by Gasteiger charge is -2.20. The molecule has 1 N–H and O–H groups in total. The second kappa shape index (κ2) is 8.88. The Morgan fingerprint density at radius 1 is 1.15 bits per heavy atom. The smallest absolute Gasteiger partial charge is 0.307 e. The first kappa shape index (κ1) is 20.7. The van der Waals surface area contributed by atoms with E-state index in [0.29, 0.717) is 5.69 Å². The van der Waals surface area contributed by atoms with Crippen molar-refractivity contribution >= 4 is 39.2 Å². The molecule has 2 aromatic rings. The molecule has 27 heavy (non-hydrogen) atoms. The molecular formula is C18H19ClN2O5S. The van der Waals surface area contributed by atoms with Gasteiger partial charge in [0.25, 0.3) is 15.9 Å². The van der Waals surface area contributed by atoms with Crippen LogP contribution in [-0.2, 0) is 19.6 Å². The van der Waals surface area contributed by atoms with Gasteiger partial charge in [-0.25, -0.2) is 8.42 Å². The molecule has 0 bridgehead atoms. The summed E-state index contributed by atoms with van der Waals surface area (Å²) in [6, 6.07) is 12.5. The monoisotopic (exact) mass is 410 g/mol. The predicted molar refractivity (Wildman–Crippen MR) is 102 cm³/mol. The Kier molecular flexibility index (Phi) is 6.81. The maximum Gasteiger partial charge on any atom is 0.307 e. The van der Waals surface area contributed by atoms with Crippen molar-refractivity contribution in [1.29, 1.82) is 0 Å². The third-order valence-corrected chi connectivity index (χ3v) is 6.06. The molecular weight excluding hydrogens is 392 g/mol. The van der Waals surface area contributed by atoms with E-state index < -0.39 is 21.9 Å². The van der Waals surface area contributed by atoms with Crippen LogP contribution in [-0.4, -0.2) is 41.0 Å². The number of carbonyl (C=O) groups excluding carboxylic acids is 2. The number of benzene rings is 2. The molecule has 0 saturated heterocycles. The molecule has 0 aliphatic carbocycles. The Hall–Kier alpha value is -2.58. The first-order chi connectivity index (χ1) is 12.8. The number of hydrogen-bond donors (Lipinski definition) is 1. The summed E-state index contributed by atoms with van der Waals surface area (Å²) in [5, 5.41) is 2.54. The Morgan fingerprint density at radius 2 is 1.81 bits per heavy atom. The molecule has 0 heterocycles. The van der Waals surface area contributed by atoms with Gasteiger partial charge in [-0.3, -0.25) is 13.9 Å². The van der Waals surface area contributed by atoms with Gasteiger partial charge in [0.05, 0.1) is 24.2 Å². The zero-order valence-electron chi connectivity index (χ0n) is 14.8. The minimum Gasteiger partial charge on any atom is -0.469 e. The van der Waals surface area contributed by atoms with Gasteiger partial charge in [-0.2, -0.15) is 0 Å². The Morgan fingerprint density at radius 3 is 2.44 bits per heavy atom. The molecule has 0 fully saturated rings. The van der Waals surface area contributed by atoms with E-state index in [-0.39, 0.29) is 28.4 Å². The summed E-state index contributed by atoms with van der Waals surface area (Å²) in [4.78, 5) is 23.1. The van der Waals surface area contributed by atoms with E-state index in [2.05, 4.69) is 10.1 Å². The summed E-state index contributed by atoms with van der Waals surface area (Å²) < 4.78 is 31.4. The van der Waals surface area contributed by atoms with Crippen LogP contribution in [0.3, 0.4) is 0 Å². The number of anilines is 1. The summed E-state index contributed by atoms with van der Waals surface area (Å²) in [5.74, 6) is -0.978. The largest absolute Gasteiger partial charge is 0.469 e. The van der Waals surface area contributed by atoms with Crippen LogP contribution in [0.15, 0.2) is 53.4 Å². The first-order valence-corrected chi connectivity index (χ1v) is 9.77. The van der Waals surface area contributed by atoms with Gasteiger partial charge in [-0.05, 0) is 30.3 Å². The third kappa shape index (κ3) is 4.99. The van der Waals surface area contributed by atoms with Crippen molar-refractivity contribution in [2.75, 3.05) is 25.0 Å². The fourth-order valence-corrected chi connectivity index (χ4v) is 3.94. The lowest BCUT2D eigenvalue weighted by atomic mass is 10.2. The van der Waals surface area contributed by atoms with Crippen LogP contribution in [0.1, 0.15) is 16.8 Å². The van der Waals surface area contributed by atoms with Gasteiger partial charge in [-0.1, -0.05) is 29.8 Å². The molecule has 144 valence electrons. The van der Waals surface area contributed by atoms with Crippen LogP contribution in [0.5, 0.6) is 0 Å². The quantitative estimate of drug-likeness (QED) is 0.708. The average Bonchev–Trinajstić information content (AvgIpc) is 2.67. The van der Waals surface area contributed by atoms with Crippen LogP contribution >= 0.6 is 11.6 Å². The van der Waals surface area contributed by atoms with Crippen molar-refractivity contribution in [3.05, 3.63) is 59.1 Å². The Bertz CT molecular complexity index is 932. The van der Waals surface area contributed by atoms with Gasteiger partial charge in [-0.15, -0.1) is 0 Å². The number of ether oxygens (including phenoxy) is 1. The molecule has 7 nitrogen and oxygen atoms in total. The SMILES string of the molecule is COC(=O)CCNC(=O)c1ccc(Cl)c(S(=O)(=O)N(C)c2ccccc2)c1. The molecule has 0 aliphatic rings. The highest BCUT2D eigenvalue weighted by Crippen LogP contribution is 2.28. The summed E-state index contributed by atoms with van der Waals surface area (Å²) in [6.45, 7) is 0.0696. The topological polar surface area (TPSA) is 92.8 Å². The number of esters is 1. The van der Waals surface area contributed by atoms with E-state index in [1.807, 2.05) is 0 Å². The number of nitrogens with one attached hydrogen (secondary N) is 1. The summed E-state index contributed by atoms with van der Waals surface area (Å²) in [6.07, 6.45) is 0.0116. The van der Waals surface area contributed by atoms with Crippen molar-refractivity contribution in [2.45, 2.75) is 11.3 Å². The molecule has 0 atom stereocenters. The van der Waals surface area contributed by atoms with Gasteiger partial charge in [0, 0.05) is 19.2 Å². The van der Waals surface area contributed by atoms with Crippen molar-refractivity contribution in [2.24, 2.45) is 0 Å². The number of hydrogen-bond acceptors (Lipinski definition) is 5. The highest BCUT2D eigenvalue weighted by molar-refractivity contribution is 7.93. The van der Waals surface area contributed by atoms with Gasteiger partial charge < -0.3 is 10.1 Å². The fourth-order valence-electron chi connectivity index (χ4n) is 2.25. The van der Waals surface area contributed by atoms with Crippen molar-refractivity contribution in [3.8, 4) is 0 Å². The Balaban J connectivity index is 2.26. The molecule has 2 aromatic carbocycles. The fraction of sp³-hybridized carbons (Fsp3) is 0.222. The minimum atomic E-state index is -3.97. The number of rotatable bonds is 7. The number of methoxy groups -OCH3 is 1. The molecule has 0 spiro atoms. The van der Waals surface area contributed by atoms with E-state index in [1.54, 1.807) is 30.3 Å². The minimum absolute atomic E-state index is 0.00360. The van der Waals surface area contributed by atoms with E-state index >= 15 is 0 Å². The van der Waals surface area contributed by atoms with E-state index in [4.69, 9.17) is 11.6 Å². The van der Waals surface area contributed by atoms with E-state index in [1.165, 1.54) is 32.4 Å². The maximum absolute atomic E-state index is 12.9. The van der Waals surface area contributed by atoms with E-state index in [0.717, 1.165) is 4.31 Å². The van der Waals surface area contributed by atoms with Gasteiger partial charge >= 0.3 is 5.97 Å². The first-order valence-electron chi connectivity index (χ1n) is 7.96. The number of carbonyl (C=O) groups is 2. The molecule has 1 amide bonds. The van der Waals surface area contributed by atoms with Gasteiger partial charge in [0.2, 0.25) is 0 Å². The van der Waals surface area contributed by atoms with Gasteiger partial charge in [0.15, 0.2) is 0 Å². The van der Waals surface area contributed by atoms with Crippen LogP contribution in [0.2, 0.25) is 5.02 Å². The molecule has 9 heteroatoms. The Labute approximate surface area is 162 Å². The predicted octanol–water partition coefficient (Wildman–Crippen LogP) is 2.46. The van der Waals surface area contributed by atoms with Crippen LogP contribution in [0.25, 0.3) is 0 Å². The highest BCUT2D eigenvalue weighted by Gasteiger charge is 2.25. The summed E-state index contributed by atoms with van der Waals surface area (Å²) >= 11 is 6.08. The maximum atomic E-state index is 12.9. The number of para-hydroxylation sites is 1. The molecule has 2 rings (SSSR count). The van der Waals surface area contributed by atoms with Crippen molar-refractivity contribution < 1.29 is 22.7 Å². The van der Waals surface area contributed by atoms with Gasteiger partial charge in [0.1, 0.15) is 4.90 Å². The third-order valence-electron chi connectivity index (χ3n) is 3.79. The number of amides is 1. The van der Waals surface area contributed by atoms with Crippen molar-refractivity contribution in [1.82, 2.24) is 5.32 Å². The van der Waals surface area contributed by atoms with Crippen molar-refractivity contribution in [3.63, 3.8) is 0 Å². The number of nitrogens with zero attached hydrogens (tertiary/aromatic N) is 1. The highest BCUT2D eigenvalue weighted by atomic mass is 35.5. The normalized spacial score (nSPS) is 10.9. The van der Waals surface area contributed by atoms with Crippen LogP contribution in [0, 0.1) is 0 Å². The summed E-state index contributed by atoms with van der Waals surface area (Å²) in [5.41, 5.74) is 0.575. The zero-order valence-corrected chi connectivity index (χ0v) is 16.4. The lowest BCUT2D eigenvalue weighted by molar-refractivity contribution is -0.140. The average molecular weight is 411 g/mol. The molecule has 0 aromatic heterocycles. The molecule has 0 saturated carbocycles. The van der Waals surface area contributed by atoms with Crippen LogP contribution < -0.4 is 9.62 Å². The molecule has 0 unspecified atom stereocenters.